The van der Waals surface area contributed by atoms with Gasteiger partial charge >= 0.3 is 0 Å². The molecule has 0 unspecified atom stereocenters. The standard InChI is InChI=1S/C24H28FN3O/c1-23(2,3)27-22(29)19-14-17(16-7-9-20(25)10-8-16)13-18(15-19)21-11-12-26-28(21)24(4,5)6/h7-15H,1-6H3,(H,27,29). The summed E-state index contributed by atoms with van der Waals surface area (Å²) in [5.74, 6) is -0.439. The van der Waals surface area contributed by atoms with E-state index in [1.165, 1.54) is 12.1 Å². The Bertz CT molecular complexity index is 1020. The van der Waals surface area contributed by atoms with Crippen LogP contribution < -0.4 is 5.32 Å². The van der Waals surface area contributed by atoms with Crippen molar-refractivity contribution in [3.8, 4) is 22.4 Å². The number of amides is 1. The summed E-state index contributed by atoms with van der Waals surface area (Å²) in [5.41, 5.74) is 3.50. The van der Waals surface area contributed by atoms with Gasteiger partial charge in [0.25, 0.3) is 5.91 Å². The quantitative estimate of drug-likeness (QED) is 0.626. The van der Waals surface area contributed by atoms with Gasteiger partial charge < -0.3 is 5.32 Å². The molecule has 0 aliphatic rings. The molecule has 2 aromatic carbocycles. The third-order valence-electron chi connectivity index (χ3n) is 4.44. The molecule has 0 radical (unpaired) electrons. The SMILES string of the molecule is CC(C)(C)NC(=O)c1cc(-c2ccc(F)cc2)cc(-c2ccnn2C(C)(C)C)c1. The topological polar surface area (TPSA) is 46.9 Å². The van der Waals surface area contributed by atoms with Crippen LogP contribution in [0.1, 0.15) is 51.9 Å². The molecule has 3 rings (SSSR count). The second-order valence-electron chi connectivity index (χ2n) is 9.31. The Morgan fingerprint density at radius 2 is 1.52 bits per heavy atom. The van der Waals surface area contributed by atoms with E-state index in [0.717, 1.165) is 22.4 Å². The zero-order valence-corrected chi connectivity index (χ0v) is 17.9. The summed E-state index contributed by atoms with van der Waals surface area (Å²) < 4.78 is 15.4. The molecule has 0 atom stereocenters. The minimum Gasteiger partial charge on any atom is -0.347 e. The number of hydrogen-bond acceptors (Lipinski definition) is 2. The zero-order valence-electron chi connectivity index (χ0n) is 17.9. The Morgan fingerprint density at radius 1 is 0.897 bits per heavy atom. The first kappa shape index (κ1) is 20.8. The lowest BCUT2D eigenvalue weighted by Crippen LogP contribution is -2.40. The van der Waals surface area contributed by atoms with Gasteiger partial charge in [0, 0.05) is 22.9 Å². The molecule has 0 saturated carbocycles. The first-order valence-electron chi connectivity index (χ1n) is 9.72. The van der Waals surface area contributed by atoms with E-state index in [1.54, 1.807) is 18.3 Å². The van der Waals surface area contributed by atoms with Crippen LogP contribution in [0.15, 0.2) is 54.7 Å². The molecule has 0 aliphatic heterocycles. The molecule has 0 fully saturated rings. The highest BCUT2D eigenvalue weighted by molar-refractivity contribution is 5.97. The van der Waals surface area contributed by atoms with Crippen molar-refractivity contribution < 1.29 is 9.18 Å². The van der Waals surface area contributed by atoms with Crippen molar-refractivity contribution in [2.75, 3.05) is 0 Å². The molecular formula is C24H28FN3O. The van der Waals surface area contributed by atoms with Crippen LogP contribution in [0.3, 0.4) is 0 Å². The second-order valence-corrected chi connectivity index (χ2v) is 9.31. The highest BCUT2D eigenvalue weighted by atomic mass is 19.1. The molecule has 0 bridgehead atoms. The molecule has 0 aliphatic carbocycles. The molecule has 5 heteroatoms. The first-order valence-corrected chi connectivity index (χ1v) is 9.72. The Balaban J connectivity index is 2.17. The van der Waals surface area contributed by atoms with E-state index in [2.05, 4.69) is 31.2 Å². The third-order valence-corrected chi connectivity index (χ3v) is 4.44. The smallest absolute Gasteiger partial charge is 0.251 e. The van der Waals surface area contributed by atoms with Crippen LogP contribution in [0.4, 0.5) is 4.39 Å². The second kappa shape index (κ2) is 7.47. The monoisotopic (exact) mass is 393 g/mol. The Labute approximate surface area is 171 Å². The highest BCUT2D eigenvalue weighted by Gasteiger charge is 2.21. The number of halogens is 1. The lowest BCUT2D eigenvalue weighted by molar-refractivity contribution is 0.0919. The van der Waals surface area contributed by atoms with E-state index in [4.69, 9.17) is 0 Å². The predicted molar refractivity (Wildman–Crippen MR) is 115 cm³/mol. The molecular weight excluding hydrogens is 365 g/mol. The maximum absolute atomic E-state index is 13.4. The van der Waals surface area contributed by atoms with E-state index in [1.807, 2.05) is 49.7 Å². The maximum atomic E-state index is 13.4. The maximum Gasteiger partial charge on any atom is 0.251 e. The van der Waals surface area contributed by atoms with Crippen molar-refractivity contribution in [1.82, 2.24) is 15.1 Å². The van der Waals surface area contributed by atoms with Crippen LogP contribution in [0.25, 0.3) is 22.4 Å². The van der Waals surface area contributed by atoms with Gasteiger partial charge in [0.15, 0.2) is 0 Å². The van der Waals surface area contributed by atoms with Gasteiger partial charge in [0.2, 0.25) is 0 Å². The van der Waals surface area contributed by atoms with E-state index in [0.29, 0.717) is 5.56 Å². The Morgan fingerprint density at radius 3 is 2.10 bits per heavy atom. The van der Waals surface area contributed by atoms with Crippen LogP contribution >= 0.6 is 0 Å². The van der Waals surface area contributed by atoms with Crippen molar-refractivity contribution in [3.05, 3.63) is 66.1 Å². The fraction of sp³-hybridized carbons (Fsp3) is 0.333. The van der Waals surface area contributed by atoms with E-state index < -0.39 is 0 Å². The van der Waals surface area contributed by atoms with Crippen LogP contribution in [0.2, 0.25) is 0 Å². The summed E-state index contributed by atoms with van der Waals surface area (Å²) in [6, 6.07) is 14.0. The van der Waals surface area contributed by atoms with Gasteiger partial charge in [-0.1, -0.05) is 12.1 Å². The van der Waals surface area contributed by atoms with Gasteiger partial charge in [-0.15, -0.1) is 0 Å². The van der Waals surface area contributed by atoms with Crippen molar-refractivity contribution in [1.29, 1.82) is 0 Å². The summed E-state index contributed by atoms with van der Waals surface area (Å²) in [7, 11) is 0. The first-order chi connectivity index (χ1) is 13.4. The largest absolute Gasteiger partial charge is 0.347 e. The number of aromatic nitrogens is 2. The number of nitrogens with zero attached hydrogens (tertiary/aromatic N) is 2. The molecule has 29 heavy (non-hydrogen) atoms. The lowest BCUT2D eigenvalue weighted by atomic mass is 9.96. The van der Waals surface area contributed by atoms with E-state index in [-0.39, 0.29) is 22.8 Å². The van der Waals surface area contributed by atoms with Gasteiger partial charge in [0.1, 0.15) is 5.82 Å². The molecule has 1 heterocycles. The lowest BCUT2D eigenvalue weighted by Gasteiger charge is -2.23. The minimum atomic E-state index is -0.351. The molecule has 1 amide bonds. The summed E-state index contributed by atoms with van der Waals surface area (Å²) in [6.45, 7) is 12.1. The van der Waals surface area contributed by atoms with Gasteiger partial charge in [-0.3, -0.25) is 9.48 Å². The number of carbonyl (C=O) groups excluding carboxylic acids is 1. The molecule has 0 spiro atoms. The number of rotatable bonds is 3. The third kappa shape index (κ3) is 4.91. The van der Waals surface area contributed by atoms with Gasteiger partial charge in [-0.25, -0.2) is 4.39 Å². The molecule has 1 N–H and O–H groups in total. The van der Waals surface area contributed by atoms with Crippen LogP contribution in [0.5, 0.6) is 0 Å². The molecule has 3 aromatic rings. The van der Waals surface area contributed by atoms with Crippen LogP contribution in [-0.4, -0.2) is 21.2 Å². The van der Waals surface area contributed by atoms with Crippen molar-refractivity contribution in [2.24, 2.45) is 0 Å². The number of hydrogen-bond donors (Lipinski definition) is 1. The summed E-state index contributed by atoms with van der Waals surface area (Å²) in [6.07, 6.45) is 1.76. The average molecular weight is 394 g/mol. The number of nitrogens with one attached hydrogen (secondary N) is 1. The molecule has 4 nitrogen and oxygen atoms in total. The van der Waals surface area contributed by atoms with Crippen molar-refractivity contribution >= 4 is 5.91 Å². The van der Waals surface area contributed by atoms with Crippen LogP contribution in [-0.2, 0) is 5.54 Å². The van der Waals surface area contributed by atoms with Crippen LogP contribution in [0, 0.1) is 5.82 Å². The predicted octanol–water partition coefficient (Wildman–Crippen LogP) is 5.64. The van der Waals surface area contributed by atoms with Crippen molar-refractivity contribution in [3.63, 3.8) is 0 Å². The summed E-state index contributed by atoms with van der Waals surface area (Å²) >= 11 is 0. The molecule has 0 saturated heterocycles. The molecule has 1 aromatic heterocycles. The highest BCUT2D eigenvalue weighted by Crippen LogP contribution is 2.31. The van der Waals surface area contributed by atoms with Gasteiger partial charge in [0.05, 0.1) is 11.2 Å². The van der Waals surface area contributed by atoms with Crippen molar-refractivity contribution in [2.45, 2.75) is 52.6 Å². The fourth-order valence-corrected chi connectivity index (χ4v) is 3.18. The minimum absolute atomic E-state index is 0.149. The molecule has 152 valence electrons. The number of benzene rings is 2. The zero-order chi connectivity index (χ0) is 21.4. The van der Waals surface area contributed by atoms with Gasteiger partial charge in [-0.05, 0) is 89.1 Å². The fourth-order valence-electron chi connectivity index (χ4n) is 3.18. The average Bonchev–Trinajstić information content (AvgIpc) is 3.11. The summed E-state index contributed by atoms with van der Waals surface area (Å²) in [4.78, 5) is 12.9. The van der Waals surface area contributed by atoms with E-state index >= 15 is 0 Å². The summed E-state index contributed by atoms with van der Waals surface area (Å²) in [5, 5.41) is 7.50. The normalized spacial score (nSPS) is 12.1. The number of carbonyl (C=O) groups is 1. The van der Waals surface area contributed by atoms with Gasteiger partial charge in [-0.2, -0.15) is 5.10 Å². The Kier molecular flexibility index (Phi) is 5.35. The van der Waals surface area contributed by atoms with E-state index in [9.17, 15) is 9.18 Å². The Hall–Kier alpha value is -2.95.